The van der Waals surface area contributed by atoms with E-state index in [2.05, 4.69) is 5.32 Å². The number of ether oxygens (including phenoxy) is 1. The minimum atomic E-state index is -3.16. The molecule has 0 aliphatic heterocycles. The van der Waals surface area contributed by atoms with Gasteiger partial charge in [0.2, 0.25) is 5.78 Å². The number of nitrogens with zero attached hydrogens (tertiary/aromatic N) is 2. The fourth-order valence-corrected chi connectivity index (χ4v) is 6.73. The van der Waals surface area contributed by atoms with Gasteiger partial charge in [0.1, 0.15) is 40.4 Å². The number of nitrogens with one attached hydrogen (secondary N) is 1. The molecule has 2 aromatic carbocycles. The number of carbonyl (C=O) groups excluding carboxylic acids is 4. The average Bonchev–Trinajstić information content (AvgIpc) is 2.95. The molecule has 0 unspecified atom stereocenters. The largest absolute Gasteiger partial charge is 0.508 e. The molecule has 2 amide bonds. The molecule has 0 aromatic heterocycles. The van der Waals surface area contributed by atoms with Gasteiger partial charge in [0.05, 0.1) is 28.5 Å². The van der Waals surface area contributed by atoms with Gasteiger partial charge in [-0.05, 0) is 43.8 Å². The summed E-state index contributed by atoms with van der Waals surface area (Å²) in [5.41, 5.74) is -0.410. The molecule has 5 rings (SSSR count). The van der Waals surface area contributed by atoms with Gasteiger partial charge in [-0.1, -0.05) is 19.1 Å². The highest BCUT2D eigenvalue weighted by atomic mass is 16.6. The standard InChI is InChI=1S/C29H28N4O12/c1-10-12-5-4-6-15(35)17(12)22(36)18-16(10)24(45-28(41)31-13-8-7-11(34)9-14(13)33(43)44)20-21(32(2)3)23(37)19(27(30)40)26(39)29(20,42)25(18)38/h4-10,16,20-21,24,34-36,39,42H,1-3H3,(H2,30,40)(H,31,41)/t10-,16+,20+,21-,24-,29-/m0/s1. The van der Waals surface area contributed by atoms with E-state index in [1.165, 1.54) is 37.2 Å². The summed E-state index contributed by atoms with van der Waals surface area (Å²) in [6.45, 7) is 1.58. The lowest BCUT2D eigenvalue weighted by Crippen LogP contribution is -2.71. The monoisotopic (exact) mass is 624 g/mol. The summed E-state index contributed by atoms with van der Waals surface area (Å²) in [7, 11) is 2.73. The van der Waals surface area contributed by atoms with Crippen molar-refractivity contribution in [3.05, 3.63) is 74.5 Å². The predicted molar refractivity (Wildman–Crippen MR) is 153 cm³/mol. The lowest BCUT2D eigenvalue weighted by molar-refractivity contribution is -0.384. The minimum Gasteiger partial charge on any atom is -0.508 e. The summed E-state index contributed by atoms with van der Waals surface area (Å²) < 4.78 is 5.77. The van der Waals surface area contributed by atoms with E-state index in [4.69, 9.17) is 10.5 Å². The molecule has 16 nitrogen and oxygen atoms in total. The Kier molecular flexibility index (Phi) is 7.29. The highest BCUT2D eigenvalue weighted by molar-refractivity contribution is 6.24. The molecule has 1 saturated carbocycles. The van der Waals surface area contributed by atoms with E-state index in [0.29, 0.717) is 5.56 Å². The van der Waals surface area contributed by atoms with Gasteiger partial charge in [0.25, 0.3) is 11.6 Å². The normalized spacial score (nSPS) is 27.4. The SMILES string of the molecule is C[C@H]1c2cccc(O)c2C(O)=C2C(=O)[C@]3(O)C(O)=C(C(N)=O)C(=O)[C@@H](N(C)C)[C@@H]3[C@@H](OC(=O)Nc3ccc(O)cc3[N+](=O)[O-])[C@@H]21. The predicted octanol–water partition coefficient (Wildman–Crippen LogP) is 1.37. The highest BCUT2D eigenvalue weighted by Gasteiger charge is 2.69. The molecular weight excluding hydrogens is 596 g/mol. The van der Waals surface area contributed by atoms with Gasteiger partial charge in [0, 0.05) is 11.5 Å². The maximum absolute atomic E-state index is 14.2. The van der Waals surface area contributed by atoms with Crippen LogP contribution in [0.5, 0.6) is 11.5 Å². The first-order chi connectivity index (χ1) is 21.0. The van der Waals surface area contributed by atoms with Crippen LogP contribution in [0.1, 0.15) is 24.0 Å². The molecule has 3 aliphatic carbocycles. The number of aliphatic hydroxyl groups excluding tert-OH is 2. The summed E-state index contributed by atoms with van der Waals surface area (Å²) in [6, 6.07) is 5.49. The molecule has 3 aliphatic rings. The number of hydrogen-bond donors (Lipinski definition) is 7. The van der Waals surface area contributed by atoms with Crippen molar-refractivity contribution in [2.45, 2.75) is 30.6 Å². The second-order valence-electron chi connectivity index (χ2n) is 11.3. The van der Waals surface area contributed by atoms with Crippen molar-refractivity contribution in [2.75, 3.05) is 19.4 Å². The number of ketones is 2. The van der Waals surface area contributed by atoms with Crippen LogP contribution in [-0.2, 0) is 19.1 Å². The number of primary amides is 1. The Balaban J connectivity index is 1.75. The Morgan fingerprint density at radius 2 is 1.78 bits per heavy atom. The van der Waals surface area contributed by atoms with Crippen LogP contribution in [0, 0.1) is 22.0 Å². The Morgan fingerprint density at radius 1 is 1.11 bits per heavy atom. The molecule has 0 spiro atoms. The molecule has 0 radical (unpaired) electrons. The molecule has 1 fully saturated rings. The quantitative estimate of drug-likeness (QED) is 0.107. The van der Waals surface area contributed by atoms with Gasteiger partial charge in [-0.15, -0.1) is 0 Å². The van der Waals surface area contributed by atoms with Crippen molar-refractivity contribution in [3.63, 3.8) is 0 Å². The van der Waals surface area contributed by atoms with Gasteiger partial charge >= 0.3 is 6.09 Å². The number of carbonyl (C=O) groups is 4. The van der Waals surface area contributed by atoms with Crippen molar-refractivity contribution in [3.8, 4) is 11.5 Å². The summed E-state index contributed by atoms with van der Waals surface area (Å²) in [6.07, 6.45) is -3.12. The van der Waals surface area contributed by atoms with Crippen molar-refractivity contribution >= 4 is 40.7 Å². The zero-order valence-electron chi connectivity index (χ0n) is 23.9. The number of anilines is 1. The van der Waals surface area contributed by atoms with E-state index < -0.39 is 110 Å². The number of hydrogen-bond acceptors (Lipinski definition) is 13. The zero-order chi connectivity index (χ0) is 33.3. The lowest BCUT2D eigenvalue weighted by atomic mass is 9.54. The van der Waals surface area contributed by atoms with E-state index in [9.17, 15) is 54.8 Å². The smallest absolute Gasteiger partial charge is 0.412 e. The van der Waals surface area contributed by atoms with E-state index >= 15 is 0 Å². The number of likely N-dealkylation sites (N-methyl/N-ethyl adjacent to an activating group) is 1. The number of nitro groups is 1. The Labute approximate surface area is 253 Å². The van der Waals surface area contributed by atoms with Crippen LogP contribution in [0.15, 0.2) is 53.3 Å². The van der Waals surface area contributed by atoms with Crippen LogP contribution in [0.4, 0.5) is 16.2 Å². The van der Waals surface area contributed by atoms with Crippen LogP contribution in [0.2, 0.25) is 0 Å². The second-order valence-corrected chi connectivity index (χ2v) is 11.3. The van der Waals surface area contributed by atoms with Crippen molar-refractivity contribution in [1.82, 2.24) is 4.90 Å². The number of phenolic OH excluding ortho intramolecular Hbond substituents is 2. The number of phenols is 2. The van der Waals surface area contributed by atoms with Gasteiger partial charge in [-0.2, -0.15) is 0 Å². The van der Waals surface area contributed by atoms with Crippen LogP contribution in [-0.4, -0.2) is 90.8 Å². The maximum Gasteiger partial charge on any atom is 0.412 e. The lowest BCUT2D eigenvalue weighted by Gasteiger charge is -2.54. The van der Waals surface area contributed by atoms with Crippen molar-refractivity contribution < 1.29 is 54.4 Å². The summed E-state index contributed by atoms with van der Waals surface area (Å²) in [5.74, 6) is -11.0. The van der Waals surface area contributed by atoms with Gasteiger partial charge in [-0.3, -0.25) is 34.7 Å². The number of benzene rings is 2. The molecule has 2 aromatic rings. The third-order valence-corrected chi connectivity index (χ3v) is 8.62. The molecule has 6 atom stereocenters. The molecule has 0 bridgehead atoms. The van der Waals surface area contributed by atoms with Crippen LogP contribution >= 0.6 is 0 Å². The molecule has 8 N–H and O–H groups in total. The number of aromatic hydroxyl groups is 2. The third kappa shape index (κ3) is 4.44. The van der Waals surface area contributed by atoms with Gasteiger partial charge in [0.15, 0.2) is 11.4 Å². The van der Waals surface area contributed by atoms with Gasteiger partial charge < -0.3 is 36.0 Å². The highest BCUT2D eigenvalue weighted by Crippen LogP contribution is 2.57. The first-order valence-corrected chi connectivity index (χ1v) is 13.5. The minimum absolute atomic E-state index is 0.163. The number of rotatable bonds is 5. The number of fused-ring (bicyclic) bond motifs is 3. The molecule has 0 saturated heterocycles. The van der Waals surface area contributed by atoms with E-state index in [-0.39, 0.29) is 5.56 Å². The zero-order valence-corrected chi connectivity index (χ0v) is 23.9. The molecule has 0 heterocycles. The summed E-state index contributed by atoms with van der Waals surface area (Å²) >= 11 is 0. The van der Waals surface area contributed by atoms with Crippen LogP contribution in [0.25, 0.3) is 5.76 Å². The Morgan fingerprint density at radius 3 is 2.38 bits per heavy atom. The number of nitro benzene ring substituents is 1. The average molecular weight is 625 g/mol. The summed E-state index contributed by atoms with van der Waals surface area (Å²) in [4.78, 5) is 65.5. The number of Topliss-reactive ketones (excluding diaryl/α,β-unsaturated/α-hetero) is 2. The van der Waals surface area contributed by atoms with Crippen LogP contribution in [0.3, 0.4) is 0 Å². The van der Waals surface area contributed by atoms with E-state index in [1.807, 2.05) is 0 Å². The first-order valence-electron chi connectivity index (χ1n) is 13.5. The maximum atomic E-state index is 14.2. The van der Waals surface area contributed by atoms with Crippen LogP contribution < -0.4 is 11.1 Å². The molecule has 45 heavy (non-hydrogen) atoms. The molecule has 16 heteroatoms. The third-order valence-electron chi connectivity index (χ3n) is 8.62. The number of amides is 2. The van der Waals surface area contributed by atoms with Crippen molar-refractivity contribution in [1.29, 1.82) is 0 Å². The van der Waals surface area contributed by atoms with Gasteiger partial charge in [-0.25, -0.2) is 4.79 Å². The second kappa shape index (κ2) is 10.6. The molecule has 236 valence electrons. The van der Waals surface area contributed by atoms with Crippen molar-refractivity contribution in [2.24, 2.45) is 17.6 Å². The van der Waals surface area contributed by atoms with E-state index in [1.54, 1.807) is 6.92 Å². The topological polar surface area (TPSA) is 263 Å². The summed E-state index contributed by atoms with van der Waals surface area (Å²) in [5, 5.41) is 68.7. The fourth-order valence-electron chi connectivity index (χ4n) is 6.73. The van der Waals surface area contributed by atoms with E-state index in [0.717, 1.165) is 18.2 Å². The Hall–Kier alpha value is -5.48. The number of aliphatic hydroxyl groups is 3. The molecular formula is C29H28N4O12. The first kappa shape index (κ1) is 31.0. The fraction of sp³-hybridized carbons (Fsp3) is 0.310. The Bertz CT molecular complexity index is 1770. The number of nitrogens with two attached hydrogens (primary N) is 1.